The minimum atomic E-state index is 0.706. The van der Waals surface area contributed by atoms with Gasteiger partial charge in [-0.1, -0.05) is 12.1 Å². The highest BCUT2D eigenvalue weighted by Crippen LogP contribution is 2.13. The number of aromatic nitrogens is 2. The fourth-order valence-electron chi connectivity index (χ4n) is 2.84. The molecule has 1 fully saturated rings. The number of imidazole rings is 1. The van der Waals surface area contributed by atoms with Crippen molar-refractivity contribution in [1.82, 2.24) is 14.9 Å². The van der Waals surface area contributed by atoms with Crippen molar-refractivity contribution in [2.75, 3.05) is 26.3 Å². The van der Waals surface area contributed by atoms with Crippen molar-refractivity contribution in [3.05, 3.63) is 30.6 Å². The molecule has 4 nitrogen and oxygen atoms in total. The van der Waals surface area contributed by atoms with Gasteiger partial charge in [-0.05, 0) is 43.9 Å². The molecule has 20 heavy (non-hydrogen) atoms. The maximum absolute atomic E-state index is 5.49. The molecular formula is C16H23N3O. The SMILES string of the molecule is c1ccc2c(c1)ncn2CCCNCC1CCCOC1. The van der Waals surface area contributed by atoms with Gasteiger partial charge in [-0.25, -0.2) is 4.98 Å². The number of para-hydroxylation sites is 2. The number of hydrogen-bond acceptors (Lipinski definition) is 3. The third kappa shape index (κ3) is 3.38. The number of hydrogen-bond donors (Lipinski definition) is 1. The van der Waals surface area contributed by atoms with E-state index in [1.54, 1.807) is 0 Å². The molecule has 1 N–H and O–H groups in total. The van der Waals surface area contributed by atoms with Gasteiger partial charge in [0.25, 0.3) is 0 Å². The van der Waals surface area contributed by atoms with Gasteiger partial charge in [0, 0.05) is 19.7 Å². The lowest BCUT2D eigenvalue weighted by Crippen LogP contribution is -2.30. The molecule has 0 saturated carbocycles. The van der Waals surface area contributed by atoms with Gasteiger partial charge in [0.1, 0.15) is 0 Å². The van der Waals surface area contributed by atoms with Gasteiger partial charge in [-0.15, -0.1) is 0 Å². The summed E-state index contributed by atoms with van der Waals surface area (Å²) in [6.07, 6.45) is 5.60. The number of ether oxygens (including phenoxy) is 1. The van der Waals surface area contributed by atoms with Crippen LogP contribution < -0.4 is 5.32 Å². The number of aryl methyl sites for hydroxylation is 1. The second-order valence-corrected chi connectivity index (χ2v) is 5.57. The molecular weight excluding hydrogens is 250 g/mol. The summed E-state index contributed by atoms with van der Waals surface area (Å²) >= 11 is 0. The number of nitrogens with one attached hydrogen (secondary N) is 1. The third-order valence-corrected chi connectivity index (χ3v) is 3.97. The molecule has 4 heteroatoms. The van der Waals surface area contributed by atoms with E-state index < -0.39 is 0 Å². The monoisotopic (exact) mass is 273 g/mol. The van der Waals surface area contributed by atoms with Crippen LogP contribution in [0.2, 0.25) is 0 Å². The maximum Gasteiger partial charge on any atom is 0.0958 e. The van der Waals surface area contributed by atoms with Crippen LogP contribution in [0.25, 0.3) is 11.0 Å². The van der Waals surface area contributed by atoms with Gasteiger partial charge in [0.05, 0.1) is 24.0 Å². The quantitative estimate of drug-likeness (QED) is 0.822. The summed E-state index contributed by atoms with van der Waals surface area (Å²) in [5, 5.41) is 3.55. The van der Waals surface area contributed by atoms with E-state index in [1.807, 2.05) is 12.4 Å². The molecule has 0 amide bonds. The van der Waals surface area contributed by atoms with Crippen LogP contribution in [0.1, 0.15) is 19.3 Å². The van der Waals surface area contributed by atoms with Gasteiger partial charge >= 0.3 is 0 Å². The van der Waals surface area contributed by atoms with Crippen molar-refractivity contribution in [2.45, 2.75) is 25.8 Å². The zero-order chi connectivity index (χ0) is 13.6. The Morgan fingerprint density at radius 3 is 3.20 bits per heavy atom. The molecule has 1 aliphatic heterocycles. The van der Waals surface area contributed by atoms with Crippen molar-refractivity contribution < 1.29 is 4.74 Å². The zero-order valence-electron chi connectivity index (χ0n) is 11.9. The van der Waals surface area contributed by atoms with E-state index in [1.165, 1.54) is 18.4 Å². The lowest BCUT2D eigenvalue weighted by atomic mass is 10.0. The van der Waals surface area contributed by atoms with Crippen LogP contribution in [0.5, 0.6) is 0 Å². The molecule has 0 aliphatic carbocycles. The Kier molecular flexibility index (Phi) is 4.66. The van der Waals surface area contributed by atoms with Crippen LogP contribution in [0.4, 0.5) is 0 Å². The van der Waals surface area contributed by atoms with Crippen molar-refractivity contribution in [1.29, 1.82) is 0 Å². The number of benzene rings is 1. The Morgan fingerprint density at radius 2 is 2.30 bits per heavy atom. The van der Waals surface area contributed by atoms with Gasteiger partial charge in [-0.3, -0.25) is 0 Å². The Balaban J connectivity index is 1.39. The van der Waals surface area contributed by atoms with E-state index in [9.17, 15) is 0 Å². The smallest absolute Gasteiger partial charge is 0.0958 e. The molecule has 1 unspecified atom stereocenters. The van der Waals surface area contributed by atoms with E-state index in [-0.39, 0.29) is 0 Å². The molecule has 0 radical (unpaired) electrons. The summed E-state index contributed by atoms with van der Waals surface area (Å²) < 4.78 is 7.73. The van der Waals surface area contributed by atoms with Gasteiger partial charge in [0.15, 0.2) is 0 Å². The first-order valence-corrected chi connectivity index (χ1v) is 7.62. The molecule has 0 spiro atoms. The summed E-state index contributed by atoms with van der Waals surface area (Å²) in [6, 6.07) is 8.30. The Morgan fingerprint density at radius 1 is 1.35 bits per heavy atom. The molecule has 0 bridgehead atoms. The van der Waals surface area contributed by atoms with Crippen LogP contribution in [-0.2, 0) is 11.3 Å². The summed E-state index contributed by atoms with van der Waals surface area (Å²) in [7, 11) is 0. The third-order valence-electron chi connectivity index (χ3n) is 3.97. The van der Waals surface area contributed by atoms with Crippen molar-refractivity contribution in [3.8, 4) is 0 Å². The maximum atomic E-state index is 5.49. The molecule has 108 valence electrons. The second-order valence-electron chi connectivity index (χ2n) is 5.57. The molecule has 1 saturated heterocycles. The second kappa shape index (κ2) is 6.86. The fourth-order valence-corrected chi connectivity index (χ4v) is 2.84. The van der Waals surface area contributed by atoms with E-state index >= 15 is 0 Å². The summed E-state index contributed by atoms with van der Waals surface area (Å²) in [5.41, 5.74) is 2.31. The summed E-state index contributed by atoms with van der Waals surface area (Å²) in [5.74, 6) is 0.706. The molecule has 1 aromatic carbocycles. The molecule has 3 rings (SSSR count). The first kappa shape index (κ1) is 13.6. The first-order chi connectivity index (χ1) is 9.93. The van der Waals surface area contributed by atoms with Gasteiger partial charge < -0.3 is 14.6 Å². The van der Waals surface area contributed by atoms with Crippen molar-refractivity contribution in [2.24, 2.45) is 5.92 Å². The summed E-state index contributed by atoms with van der Waals surface area (Å²) in [4.78, 5) is 4.42. The lowest BCUT2D eigenvalue weighted by molar-refractivity contribution is 0.0549. The molecule has 1 aromatic heterocycles. The average Bonchev–Trinajstić information content (AvgIpc) is 2.91. The zero-order valence-corrected chi connectivity index (χ0v) is 11.9. The van der Waals surface area contributed by atoms with Crippen molar-refractivity contribution >= 4 is 11.0 Å². The van der Waals surface area contributed by atoms with E-state index in [4.69, 9.17) is 4.74 Å². The normalized spacial score (nSPS) is 19.5. The van der Waals surface area contributed by atoms with Crippen LogP contribution in [0, 0.1) is 5.92 Å². The fraction of sp³-hybridized carbons (Fsp3) is 0.562. The van der Waals surface area contributed by atoms with Crippen LogP contribution >= 0.6 is 0 Å². The summed E-state index contributed by atoms with van der Waals surface area (Å²) in [6.45, 7) is 5.05. The topological polar surface area (TPSA) is 39.1 Å². The van der Waals surface area contributed by atoms with Crippen molar-refractivity contribution in [3.63, 3.8) is 0 Å². The standard InChI is InChI=1S/C16H23N3O/c1-2-7-16-15(6-1)18-13-19(16)9-4-8-17-11-14-5-3-10-20-12-14/h1-2,6-7,13-14,17H,3-5,8-12H2. The number of rotatable bonds is 6. The molecule has 1 atom stereocenters. The Labute approximate surface area is 120 Å². The molecule has 1 aliphatic rings. The van der Waals surface area contributed by atoms with E-state index in [0.717, 1.165) is 44.8 Å². The highest BCUT2D eigenvalue weighted by atomic mass is 16.5. The molecule has 2 heterocycles. The minimum absolute atomic E-state index is 0.706. The predicted molar refractivity (Wildman–Crippen MR) is 80.8 cm³/mol. The van der Waals surface area contributed by atoms with E-state index in [0.29, 0.717) is 5.92 Å². The highest BCUT2D eigenvalue weighted by Gasteiger charge is 2.12. The van der Waals surface area contributed by atoms with Crippen LogP contribution in [-0.4, -0.2) is 35.9 Å². The van der Waals surface area contributed by atoms with Gasteiger partial charge in [-0.2, -0.15) is 0 Å². The Hall–Kier alpha value is -1.39. The number of fused-ring (bicyclic) bond motifs is 1. The van der Waals surface area contributed by atoms with Crippen LogP contribution in [0.3, 0.4) is 0 Å². The lowest BCUT2D eigenvalue weighted by Gasteiger charge is -2.22. The Bertz CT molecular complexity index is 531. The highest BCUT2D eigenvalue weighted by molar-refractivity contribution is 5.74. The minimum Gasteiger partial charge on any atom is -0.381 e. The first-order valence-electron chi connectivity index (χ1n) is 7.62. The average molecular weight is 273 g/mol. The molecule has 2 aromatic rings. The largest absolute Gasteiger partial charge is 0.381 e. The van der Waals surface area contributed by atoms with Crippen LogP contribution in [0.15, 0.2) is 30.6 Å². The predicted octanol–water partition coefficient (Wildman–Crippen LogP) is 2.44. The van der Waals surface area contributed by atoms with Gasteiger partial charge in [0.2, 0.25) is 0 Å². The van der Waals surface area contributed by atoms with E-state index in [2.05, 4.69) is 33.1 Å². The number of nitrogens with zero attached hydrogens (tertiary/aromatic N) is 2.